The van der Waals surface area contributed by atoms with Crippen LogP contribution >= 0.6 is 11.3 Å². The third kappa shape index (κ3) is 5.61. The summed E-state index contributed by atoms with van der Waals surface area (Å²) in [4.78, 5) is 18.1. The van der Waals surface area contributed by atoms with Gasteiger partial charge in [0.05, 0.1) is 19.4 Å². The Morgan fingerprint density at radius 3 is 2.84 bits per heavy atom. The van der Waals surface area contributed by atoms with Crippen molar-refractivity contribution in [1.82, 2.24) is 15.1 Å². The highest BCUT2D eigenvalue weighted by Crippen LogP contribution is 2.16. The number of hydrogen-bond donors (Lipinski definition) is 1. The zero-order valence-corrected chi connectivity index (χ0v) is 15.6. The molecule has 0 saturated carbocycles. The number of amides is 2. The largest absolute Gasteiger partial charge is 0.467 e. The Hall–Kier alpha value is -1.79. The molecule has 0 aromatic carbocycles. The SMILES string of the molecule is CC1CCN(CCNC(=O)N(Cc2ccco2)Cc2cccs2)CC1. The molecule has 0 aliphatic carbocycles. The van der Waals surface area contributed by atoms with E-state index in [2.05, 4.69) is 23.2 Å². The van der Waals surface area contributed by atoms with E-state index in [0.717, 1.165) is 31.3 Å². The minimum atomic E-state index is -0.0322. The lowest BCUT2D eigenvalue weighted by molar-refractivity contribution is 0.176. The Morgan fingerprint density at radius 2 is 2.16 bits per heavy atom. The summed E-state index contributed by atoms with van der Waals surface area (Å²) < 4.78 is 5.42. The number of thiophene rings is 1. The summed E-state index contributed by atoms with van der Waals surface area (Å²) in [5.74, 6) is 1.64. The molecule has 3 rings (SSSR count). The minimum absolute atomic E-state index is 0.0322. The van der Waals surface area contributed by atoms with Crippen LogP contribution in [0.5, 0.6) is 0 Å². The van der Waals surface area contributed by atoms with Gasteiger partial charge in [-0.05, 0) is 55.4 Å². The van der Waals surface area contributed by atoms with Gasteiger partial charge < -0.3 is 19.5 Å². The van der Waals surface area contributed by atoms with E-state index in [0.29, 0.717) is 19.6 Å². The molecule has 2 aromatic rings. The first kappa shape index (κ1) is 18.0. The minimum Gasteiger partial charge on any atom is -0.467 e. The van der Waals surface area contributed by atoms with Gasteiger partial charge in [-0.25, -0.2) is 4.79 Å². The lowest BCUT2D eigenvalue weighted by atomic mass is 9.99. The molecule has 2 aromatic heterocycles. The first-order valence-corrected chi connectivity index (χ1v) is 9.88. The molecule has 0 spiro atoms. The van der Waals surface area contributed by atoms with Crippen LogP contribution in [0.4, 0.5) is 4.79 Å². The number of carbonyl (C=O) groups is 1. The number of hydrogen-bond acceptors (Lipinski definition) is 4. The third-order valence-corrected chi connectivity index (χ3v) is 5.58. The molecule has 0 radical (unpaired) electrons. The maximum Gasteiger partial charge on any atom is 0.318 e. The molecule has 0 atom stereocenters. The number of rotatable bonds is 7. The van der Waals surface area contributed by atoms with Crippen molar-refractivity contribution in [2.75, 3.05) is 26.2 Å². The fourth-order valence-electron chi connectivity index (χ4n) is 3.10. The van der Waals surface area contributed by atoms with E-state index >= 15 is 0 Å². The zero-order chi connectivity index (χ0) is 17.5. The number of carbonyl (C=O) groups excluding carboxylic acids is 1. The van der Waals surface area contributed by atoms with Crippen molar-refractivity contribution in [3.63, 3.8) is 0 Å². The van der Waals surface area contributed by atoms with Gasteiger partial charge in [0.1, 0.15) is 5.76 Å². The quantitative estimate of drug-likeness (QED) is 0.816. The number of likely N-dealkylation sites (tertiary alicyclic amines) is 1. The second-order valence-electron chi connectivity index (χ2n) is 6.77. The van der Waals surface area contributed by atoms with Crippen LogP contribution in [0.25, 0.3) is 0 Å². The number of piperidine rings is 1. The monoisotopic (exact) mass is 361 g/mol. The first-order chi connectivity index (χ1) is 12.2. The Labute approximate surface area is 153 Å². The van der Waals surface area contributed by atoms with Gasteiger partial charge in [-0.1, -0.05) is 13.0 Å². The fourth-order valence-corrected chi connectivity index (χ4v) is 3.82. The van der Waals surface area contributed by atoms with Crippen LogP contribution in [0.15, 0.2) is 40.3 Å². The van der Waals surface area contributed by atoms with E-state index < -0.39 is 0 Å². The van der Waals surface area contributed by atoms with Crippen LogP contribution in [-0.2, 0) is 13.1 Å². The van der Waals surface area contributed by atoms with E-state index in [4.69, 9.17) is 4.42 Å². The molecule has 1 saturated heterocycles. The lowest BCUT2D eigenvalue weighted by Crippen LogP contribution is -2.43. The van der Waals surface area contributed by atoms with Gasteiger partial charge in [0.2, 0.25) is 0 Å². The Balaban J connectivity index is 1.49. The van der Waals surface area contributed by atoms with Crippen LogP contribution in [0.1, 0.15) is 30.4 Å². The van der Waals surface area contributed by atoms with Crippen LogP contribution < -0.4 is 5.32 Å². The highest BCUT2D eigenvalue weighted by Gasteiger charge is 2.18. The smallest absolute Gasteiger partial charge is 0.318 e. The van der Waals surface area contributed by atoms with E-state index in [1.165, 1.54) is 17.7 Å². The normalized spacial score (nSPS) is 16.0. The van der Waals surface area contributed by atoms with Crippen molar-refractivity contribution in [2.24, 2.45) is 5.92 Å². The summed E-state index contributed by atoms with van der Waals surface area (Å²) in [7, 11) is 0. The average molecular weight is 362 g/mol. The van der Waals surface area contributed by atoms with Crippen LogP contribution in [0, 0.1) is 5.92 Å². The maximum absolute atomic E-state index is 12.6. The molecule has 0 unspecified atom stereocenters. The van der Waals surface area contributed by atoms with Crippen molar-refractivity contribution in [2.45, 2.75) is 32.9 Å². The summed E-state index contributed by atoms with van der Waals surface area (Å²) in [5.41, 5.74) is 0. The second kappa shape index (κ2) is 9.06. The number of nitrogens with one attached hydrogen (secondary N) is 1. The van der Waals surface area contributed by atoms with Gasteiger partial charge in [0.25, 0.3) is 0 Å². The van der Waals surface area contributed by atoms with Crippen LogP contribution in [0.2, 0.25) is 0 Å². The Kier molecular flexibility index (Phi) is 6.53. The second-order valence-corrected chi connectivity index (χ2v) is 7.80. The van der Waals surface area contributed by atoms with Gasteiger partial charge in [0.15, 0.2) is 0 Å². The zero-order valence-electron chi connectivity index (χ0n) is 14.8. The van der Waals surface area contributed by atoms with E-state index in [9.17, 15) is 4.79 Å². The topological polar surface area (TPSA) is 48.7 Å². The molecule has 6 heteroatoms. The van der Waals surface area contributed by atoms with Crippen molar-refractivity contribution in [1.29, 1.82) is 0 Å². The van der Waals surface area contributed by atoms with E-state index in [1.807, 2.05) is 28.5 Å². The molecule has 25 heavy (non-hydrogen) atoms. The number of furan rings is 1. The van der Waals surface area contributed by atoms with Gasteiger partial charge in [-0.2, -0.15) is 0 Å². The highest BCUT2D eigenvalue weighted by molar-refractivity contribution is 7.09. The fraction of sp³-hybridized carbons (Fsp3) is 0.526. The van der Waals surface area contributed by atoms with Crippen LogP contribution in [0.3, 0.4) is 0 Å². The third-order valence-electron chi connectivity index (χ3n) is 4.72. The summed E-state index contributed by atoms with van der Waals surface area (Å²) in [5, 5.41) is 5.11. The standard InChI is InChI=1S/C19H27N3O2S/c1-16-6-9-21(10-7-16)11-8-20-19(23)22(14-17-4-2-12-24-17)15-18-5-3-13-25-18/h2-5,12-13,16H,6-11,14-15H2,1H3,(H,20,23). The summed E-state index contributed by atoms with van der Waals surface area (Å²) >= 11 is 1.67. The average Bonchev–Trinajstić information content (AvgIpc) is 3.30. The Morgan fingerprint density at radius 1 is 1.32 bits per heavy atom. The Bertz CT molecular complexity index is 583. The summed E-state index contributed by atoms with van der Waals surface area (Å²) in [6.45, 7) is 7.29. The molecule has 5 nitrogen and oxygen atoms in total. The first-order valence-electron chi connectivity index (χ1n) is 9.00. The van der Waals surface area contributed by atoms with Gasteiger partial charge in [-0.3, -0.25) is 0 Å². The van der Waals surface area contributed by atoms with E-state index in [1.54, 1.807) is 17.6 Å². The van der Waals surface area contributed by atoms with E-state index in [-0.39, 0.29) is 6.03 Å². The molecule has 1 aliphatic heterocycles. The molecular formula is C19H27N3O2S. The van der Waals surface area contributed by atoms with Crippen molar-refractivity contribution >= 4 is 17.4 Å². The van der Waals surface area contributed by atoms with Gasteiger partial charge >= 0.3 is 6.03 Å². The summed E-state index contributed by atoms with van der Waals surface area (Å²) in [6, 6.07) is 7.80. The molecule has 3 heterocycles. The molecule has 1 N–H and O–H groups in total. The predicted octanol–water partition coefficient (Wildman–Crippen LogP) is 3.78. The van der Waals surface area contributed by atoms with Gasteiger partial charge in [0, 0.05) is 18.0 Å². The molecule has 1 aliphatic rings. The number of nitrogens with zero attached hydrogens (tertiary/aromatic N) is 2. The van der Waals surface area contributed by atoms with Gasteiger partial charge in [-0.15, -0.1) is 11.3 Å². The number of urea groups is 1. The molecule has 2 amide bonds. The lowest BCUT2D eigenvalue weighted by Gasteiger charge is -2.30. The summed E-state index contributed by atoms with van der Waals surface area (Å²) in [6.07, 6.45) is 4.17. The maximum atomic E-state index is 12.6. The molecule has 1 fully saturated rings. The van der Waals surface area contributed by atoms with Crippen molar-refractivity contribution < 1.29 is 9.21 Å². The predicted molar refractivity (Wildman–Crippen MR) is 101 cm³/mol. The van der Waals surface area contributed by atoms with Crippen molar-refractivity contribution in [3.05, 3.63) is 46.5 Å². The van der Waals surface area contributed by atoms with Crippen molar-refractivity contribution in [3.8, 4) is 0 Å². The molecule has 136 valence electrons. The van der Waals surface area contributed by atoms with Crippen LogP contribution in [-0.4, -0.2) is 42.0 Å². The highest BCUT2D eigenvalue weighted by atomic mass is 32.1. The molecule has 0 bridgehead atoms. The molecular weight excluding hydrogens is 334 g/mol.